The number of aromatic nitrogens is 1. The Balaban J connectivity index is 1.35. The molecule has 1 aromatic heterocycles. The van der Waals surface area contributed by atoms with E-state index >= 15 is 0 Å². The van der Waals surface area contributed by atoms with Crippen LogP contribution in [0, 0.1) is 17.8 Å². The lowest BCUT2D eigenvalue weighted by atomic mass is 9.85. The van der Waals surface area contributed by atoms with E-state index in [1.165, 1.54) is 18.2 Å². The molecule has 2 saturated carbocycles. The molecular weight excluding hydrogens is 678 g/mol. The third kappa shape index (κ3) is 7.22. The highest BCUT2D eigenvalue weighted by molar-refractivity contribution is 7.91. The molecule has 4 aliphatic rings. The number of hydrogen-bond donors (Lipinski definition) is 4. The largest absolute Gasteiger partial charge is 0.494 e. The summed E-state index contributed by atoms with van der Waals surface area (Å²) in [5.74, 6) is -1.91. The second kappa shape index (κ2) is 14.0. The summed E-state index contributed by atoms with van der Waals surface area (Å²) in [6.07, 6.45) is 6.79. The molecule has 1 unspecified atom stereocenters. The van der Waals surface area contributed by atoms with Gasteiger partial charge in [-0.15, -0.1) is 0 Å². The number of allylic oxidation sites excluding steroid dienone is 1. The summed E-state index contributed by atoms with van der Waals surface area (Å²) >= 11 is 0. The summed E-state index contributed by atoms with van der Waals surface area (Å²) in [6, 6.07) is 5.08. The van der Waals surface area contributed by atoms with Gasteiger partial charge in [-0.05, 0) is 63.4 Å². The fraction of sp³-hybridized carbons (Fsp3) is 0.583. The van der Waals surface area contributed by atoms with Gasteiger partial charge in [-0.1, -0.05) is 50.6 Å². The lowest BCUT2D eigenvalue weighted by Crippen LogP contribution is -2.59. The number of rotatable bonds is 8. The Hall–Kier alpha value is -4.40. The number of carbonyl (C=O) groups excluding carboxylic acids is 3. The number of sulfonamides is 1. The van der Waals surface area contributed by atoms with Gasteiger partial charge >= 0.3 is 6.09 Å². The molecule has 1 aromatic carbocycles. The third-order valence-corrected chi connectivity index (χ3v) is 13.3. The predicted molar refractivity (Wildman–Crippen MR) is 187 cm³/mol. The number of carboxylic acid groups (broad SMARTS) is 1. The Labute approximate surface area is 297 Å². The Morgan fingerprint density at radius 2 is 1.88 bits per heavy atom. The summed E-state index contributed by atoms with van der Waals surface area (Å²) in [5, 5.41) is 16.6. The van der Waals surface area contributed by atoms with E-state index in [4.69, 9.17) is 9.47 Å². The number of fused-ring (bicyclic) bond motifs is 3. The first-order valence-corrected chi connectivity index (χ1v) is 19.1. The Bertz CT molecular complexity index is 1850. The minimum absolute atomic E-state index is 0.0150. The van der Waals surface area contributed by atoms with E-state index in [-0.39, 0.29) is 37.1 Å². The van der Waals surface area contributed by atoms with Gasteiger partial charge in [-0.25, -0.2) is 18.2 Å². The Morgan fingerprint density at radius 1 is 1.16 bits per heavy atom. The molecule has 3 fully saturated rings. The number of methoxy groups -OCH3 is 1. The van der Waals surface area contributed by atoms with Crippen LogP contribution < -0.4 is 24.8 Å². The molecule has 51 heavy (non-hydrogen) atoms. The lowest BCUT2D eigenvalue weighted by Gasteiger charge is -2.33. The smallest absolute Gasteiger partial charge is 0.405 e. The highest BCUT2D eigenvalue weighted by Crippen LogP contribution is 2.47. The number of hydrogen-bond acceptors (Lipinski definition) is 9. The van der Waals surface area contributed by atoms with E-state index in [0.29, 0.717) is 43.2 Å². The highest BCUT2D eigenvalue weighted by atomic mass is 32.2. The molecule has 14 nitrogen and oxygen atoms in total. The predicted octanol–water partition coefficient (Wildman–Crippen LogP) is 3.50. The quantitative estimate of drug-likeness (QED) is 0.293. The molecule has 4 N–H and O–H groups in total. The van der Waals surface area contributed by atoms with Crippen LogP contribution in [0.15, 0.2) is 42.6 Å². The van der Waals surface area contributed by atoms with Crippen molar-refractivity contribution >= 4 is 44.6 Å². The number of ether oxygens (including phenoxy) is 2. The normalized spacial score (nSPS) is 31.2. The van der Waals surface area contributed by atoms with Crippen molar-refractivity contribution in [3.63, 3.8) is 0 Å². The molecule has 0 bridgehead atoms. The van der Waals surface area contributed by atoms with Crippen molar-refractivity contribution in [3.8, 4) is 11.6 Å². The third-order valence-electron chi connectivity index (χ3n) is 11.1. The number of pyridine rings is 1. The van der Waals surface area contributed by atoms with E-state index in [2.05, 4.69) is 27.3 Å². The van der Waals surface area contributed by atoms with Gasteiger partial charge in [0.2, 0.25) is 27.7 Å². The Kier molecular flexibility index (Phi) is 9.96. The average Bonchev–Trinajstić information content (AvgIpc) is 3.97. The summed E-state index contributed by atoms with van der Waals surface area (Å²) in [7, 11) is -2.46. The molecule has 4 amide bonds. The van der Waals surface area contributed by atoms with Crippen molar-refractivity contribution in [2.24, 2.45) is 17.8 Å². The average molecular weight is 726 g/mol. The van der Waals surface area contributed by atoms with Gasteiger partial charge < -0.3 is 30.1 Å². The van der Waals surface area contributed by atoms with E-state index in [0.717, 1.165) is 11.8 Å². The van der Waals surface area contributed by atoms with Crippen LogP contribution in [0.25, 0.3) is 10.8 Å². The van der Waals surface area contributed by atoms with Gasteiger partial charge in [-0.3, -0.25) is 19.1 Å². The zero-order chi connectivity index (χ0) is 36.7. The summed E-state index contributed by atoms with van der Waals surface area (Å²) in [4.78, 5) is 60.5. The molecule has 1 saturated heterocycles. The summed E-state index contributed by atoms with van der Waals surface area (Å²) in [5.41, 5.74) is -1.54. The van der Waals surface area contributed by atoms with Crippen molar-refractivity contribution in [1.29, 1.82) is 0 Å². The standard InChI is InChI=1S/C36H47N5O9S/c1-5-22-16-21(2)10-6-7-11-23-18-36(23,33(44)40-51(47,48)35(3)14-15-35)39-30(42)27-17-24(20-41(27)32(43)29(22)38-34(45)46)50-31-26-13-9-8-12-25(26)28(49-4)19-37-31/h7-9,11-13,19,21-24,27,29,38H,5-6,10,14-18,20H2,1-4H3,(H,39,42)(H,40,44)(H,45,46)/b11-7-/t21-,22-,23-,24-,27+,29+,36?/m1/s1. The number of nitrogens with one attached hydrogen (secondary N) is 3. The fourth-order valence-corrected chi connectivity index (χ4v) is 8.82. The number of benzene rings is 1. The lowest BCUT2D eigenvalue weighted by molar-refractivity contribution is -0.142. The van der Waals surface area contributed by atoms with Gasteiger partial charge in [-0.2, -0.15) is 0 Å². The van der Waals surface area contributed by atoms with Crippen LogP contribution in [0.1, 0.15) is 72.1 Å². The molecule has 0 spiro atoms. The molecule has 6 rings (SSSR count). The Morgan fingerprint density at radius 3 is 2.55 bits per heavy atom. The maximum atomic E-state index is 14.5. The number of amides is 4. The molecule has 15 heteroatoms. The van der Waals surface area contributed by atoms with Crippen LogP contribution in [0.3, 0.4) is 0 Å². The SMILES string of the molecule is CC[C@@H]1C[C@H](C)CC/C=C\[C@@H]2CC2(C(=O)NS(=O)(=O)C2(C)CC2)NC(=O)[C@@H]2C[C@@H](Oc3ncc(OC)c4ccccc34)CN2C(=O)[C@H]1NC(=O)O. The van der Waals surface area contributed by atoms with Gasteiger partial charge in [0.05, 0.1) is 24.6 Å². The van der Waals surface area contributed by atoms with Gasteiger partial charge in [0.15, 0.2) is 0 Å². The van der Waals surface area contributed by atoms with Crippen LogP contribution in [0.2, 0.25) is 0 Å². The molecule has 276 valence electrons. The van der Waals surface area contributed by atoms with Crippen molar-refractivity contribution < 1.29 is 42.2 Å². The van der Waals surface area contributed by atoms with Gasteiger partial charge in [0, 0.05) is 23.1 Å². The minimum Gasteiger partial charge on any atom is -0.494 e. The summed E-state index contributed by atoms with van der Waals surface area (Å²) in [6.45, 7) is 5.48. The van der Waals surface area contributed by atoms with E-state index < -0.39 is 68.2 Å². The molecule has 3 heterocycles. The van der Waals surface area contributed by atoms with Crippen LogP contribution in [-0.4, -0.2) is 89.4 Å². The fourth-order valence-electron chi connectivity index (χ4n) is 7.50. The molecule has 0 radical (unpaired) electrons. The van der Waals surface area contributed by atoms with Crippen LogP contribution >= 0.6 is 0 Å². The zero-order valence-corrected chi connectivity index (χ0v) is 30.2. The van der Waals surface area contributed by atoms with Crippen molar-refractivity contribution in [3.05, 3.63) is 42.6 Å². The molecule has 2 aromatic rings. The first kappa shape index (κ1) is 36.4. The van der Waals surface area contributed by atoms with Crippen molar-refractivity contribution in [1.82, 2.24) is 25.2 Å². The molecule has 2 aliphatic carbocycles. The first-order valence-electron chi connectivity index (χ1n) is 17.7. The number of carbonyl (C=O) groups is 4. The summed E-state index contributed by atoms with van der Waals surface area (Å²) < 4.78 is 39.3. The molecule has 2 aliphatic heterocycles. The maximum absolute atomic E-state index is 14.5. The topological polar surface area (TPSA) is 193 Å². The first-order chi connectivity index (χ1) is 24.2. The highest BCUT2D eigenvalue weighted by Gasteiger charge is 2.63. The maximum Gasteiger partial charge on any atom is 0.405 e. The van der Waals surface area contributed by atoms with E-state index in [9.17, 15) is 32.7 Å². The monoisotopic (exact) mass is 725 g/mol. The zero-order valence-electron chi connectivity index (χ0n) is 29.4. The second-order valence-electron chi connectivity index (χ2n) is 14.8. The van der Waals surface area contributed by atoms with Crippen molar-refractivity contribution in [2.45, 2.75) is 101 Å². The van der Waals surface area contributed by atoms with Crippen molar-refractivity contribution in [2.75, 3.05) is 13.7 Å². The molecular formula is C36H47N5O9S. The van der Waals surface area contributed by atoms with Crippen LogP contribution in [0.5, 0.6) is 11.6 Å². The minimum atomic E-state index is -4.00. The van der Waals surface area contributed by atoms with E-state index in [1.54, 1.807) is 6.92 Å². The van der Waals surface area contributed by atoms with Crippen LogP contribution in [0.4, 0.5) is 4.79 Å². The van der Waals surface area contributed by atoms with Gasteiger partial charge in [0.1, 0.15) is 29.5 Å². The second-order valence-corrected chi connectivity index (χ2v) is 17.0. The van der Waals surface area contributed by atoms with E-state index in [1.807, 2.05) is 43.3 Å². The van der Waals surface area contributed by atoms with Crippen LogP contribution in [-0.2, 0) is 24.4 Å². The van der Waals surface area contributed by atoms with Gasteiger partial charge in [0.25, 0.3) is 5.91 Å². The molecule has 7 atom stereocenters. The number of nitrogens with zero attached hydrogens (tertiary/aromatic N) is 2.